The van der Waals surface area contributed by atoms with Crippen molar-refractivity contribution in [1.29, 1.82) is 0 Å². The number of methoxy groups -OCH3 is 1. The second-order valence-corrected chi connectivity index (χ2v) is 6.95. The Morgan fingerprint density at radius 3 is 2.31 bits per heavy atom. The summed E-state index contributed by atoms with van der Waals surface area (Å²) < 4.78 is 10.2. The highest BCUT2D eigenvalue weighted by molar-refractivity contribution is 5.97. The van der Waals surface area contributed by atoms with Crippen LogP contribution in [0.2, 0.25) is 0 Å². The summed E-state index contributed by atoms with van der Waals surface area (Å²) in [6.45, 7) is 5.01. The number of rotatable bonds is 8. The zero-order valence-corrected chi connectivity index (χ0v) is 17.0. The maximum atomic E-state index is 12.4. The van der Waals surface area contributed by atoms with Crippen LogP contribution in [0.25, 0.3) is 0 Å². The molecule has 0 unspecified atom stereocenters. The number of hydrogen-bond donors (Lipinski definition) is 2. The molecule has 2 amide bonds. The van der Waals surface area contributed by atoms with Gasteiger partial charge >= 0.3 is 5.97 Å². The Morgan fingerprint density at radius 2 is 1.72 bits per heavy atom. The van der Waals surface area contributed by atoms with Crippen molar-refractivity contribution in [1.82, 2.24) is 5.32 Å². The van der Waals surface area contributed by atoms with E-state index in [-0.39, 0.29) is 11.8 Å². The van der Waals surface area contributed by atoms with Gasteiger partial charge in [0.25, 0.3) is 11.8 Å². The summed E-state index contributed by atoms with van der Waals surface area (Å²) in [5.41, 5.74) is 1.96. The van der Waals surface area contributed by atoms with Crippen LogP contribution in [0.3, 0.4) is 0 Å². The van der Waals surface area contributed by atoms with Gasteiger partial charge in [-0.25, -0.2) is 4.79 Å². The molecular weight excluding hydrogens is 372 g/mol. The number of esters is 1. The first-order valence-corrected chi connectivity index (χ1v) is 9.28. The first kappa shape index (κ1) is 21.9. The Morgan fingerprint density at radius 1 is 1.03 bits per heavy atom. The quantitative estimate of drug-likeness (QED) is 0.667. The molecule has 2 N–H and O–H groups in total. The van der Waals surface area contributed by atoms with E-state index in [1.807, 2.05) is 13.0 Å². The average molecular weight is 398 g/mol. The molecule has 7 heteroatoms. The van der Waals surface area contributed by atoms with Gasteiger partial charge in [0.2, 0.25) is 0 Å². The van der Waals surface area contributed by atoms with Crippen LogP contribution >= 0.6 is 0 Å². The highest BCUT2D eigenvalue weighted by Gasteiger charge is 2.26. The lowest BCUT2D eigenvalue weighted by Crippen LogP contribution is -2.45. The maximum Gasteiger partial charge on any atom is 0.329 e. The zero-order valence-electron chi connectivity index (χ0n) is 17.0. The summed E-state index contributed by atoms with van der Waals surface area (Å²) in [6.07, 6.45) is 0. The molecule has 154 valence electrons. The molecule has 2 aromatic carbocycles. The lowest BCUT2D eigenvalue weighted by Gasteiger charge is -2.21. The summed E-state index contributed by atoms with van der Waals surface area (Å²) in [7, 11) is 1.55. The number of amides is 2. The minimum atomic E-state index is -0.864. The molecule has 2 rings (SSSR count). The number of ether oxygens (including phenoxy) is 2. The fourth-order valence-electron chi connectivity index (χ4n) is 2.61. The van der Waals surface area contributed by atoms with Gasteiger partial charge < -0.3 is 20.1 Å². The third-order valence-corrected chi connectivity index (χ3v) is 4.21. The Hall–Kier alpha value is -3.35. The van der Waals surface area contributed by atoms with Crippen LogP contribution in [-0.4, -0.2) is 37.5 Å². The lowest BCUT2D eigenvalue weighted by atomic mass is 10.0. The van der Waals surface area contributed by atoms with Crippen molar-refractivity contribution in [2.24, 2.45) is 5.92 Å². The van der Waals surface area contributed by atoms with E-state index >= 15 is 0 Å². The molecular formula is C22H26N2O5. The van der Waals surface area contributed by atoms with Crippen molar-refractivity contribution in [2.75, 3.05) is 19.0 Å². The second kappa shape index (κ2) is 10.3. The largest absolute Gasteiger partial charge is 0.497 e. The van der Waals surface area contributed by atoms with Crippen LogP contribution in [0.5, 0.6) is 5.75 Å². The summed E-state index contributed by atoms with van der Waals surface area (Å²) in [4.78, 5) is 36.9. The van der Waals surface area contributed by atoms with Gasteiger partial charge in [-0.15, -0.1) is 0 Å². The summed E-state index contributed by atoms with van der Waals surface area (Å²) in [6, 6.07) is 13.0. The Labute approximate surface area is 170 Å². The lowest BCUT2D eigenvalue weighted by molar-refractivity contribution is -0.150. The smallest absolute Gasteiger partial charge is 0.329 e. The van der Waals surface area contributed by atoms with E-state index in [0.29, 0.717) is 17.0 Å². The van der Waals surface area contributed by atoms with Crippen LogP contribution in [0, 0.1) is 12.8 Å². The van der Waals surface area contributed by atoms with Crippen LogP contribution in [0.4, 0.5) is 5.69 Å². The Kier molecular flexibility index (Phi) is 7.77. The SMILES string of the molecule is COc1ccc(NC(=O)COC(=O)[C@@H](NC(=O)c2cccc(C)c2)C(C)C)cc1. The minimum Gasteiger partial charge on any atom is -0.497 e. The first-order chi connectivity index (χ1) is 13.8. The topological polar surface area (TPSA) is 93.7 Å². The summed E-state index contributed by atoms with van der Waals surface area (Å²) in [5, 5.41) is 5.32. The van der Waals surface area contributed by atoms with Crippen LogP contribution < -0.4 is 15.4 Å². The highest BCUT2D eigenvalue weighted by Crippen LogP contribution is 2.15. The molecule has 0 aliphatic carbocycles. The fraction of sp³-hybridized carbons (Fsp3) is 0.318. The monoisotopic (exact) mass is 398 g/mol. The van der Waals surface area contributed by atoms with Crippen molar-refractivity contribution in [3.63, 3.8) is 0 Å². The van der Waals surface area contributed by atoms with E-state index < -0.39 is 24.5 Å². The molecule has 29 heavy (non-hydrogen) atoms. The van der Waals surface area contributed by atoms with Crippen LogP contribution in [0.1, 0.15) is 29.8 Å². The fourth-order valence-corrected chi connectivity index (χ4v) is 2.61. The van der Waals surface area contributed by atoms with Gasteiger partial charge in [0.15, 0.2) is 6.61 Å². The average Bonchev–Trinajstić information content (AvgIpc) is 2.70. The van der Waals surface area contributed by atoms with Crippen molar-refractivity contribution < 1.29 is 23.9 Å². The van der Waals surface area contributed by atoms with Crippen molar-refractivity contribution in [3.8, 4) is 5.75 Å². The molecule has 2 aromatic rings. The van der Waals surface area contributed by atoms with Gasteiger partial charge in [-0.1, -0.05) is 31.5 Å². The van der Waals surface area contributed by atoms with Crippen molar-refractivity contribution in [2.45, 2.75) is 26.8 Å². The number of benzene rings is 2. The molecule has 1 atom stereocenters. The number of anilines is 1. The van der Waals surface area contributed by atoms with E-state index in [2.05, 4.69) is 10.6 Å². The van der Waals surface area contributed by atoms with Gasteiger partial charge in [-0.3, -0.25) is 9.59 Å². The van der Waals surface area contributed by atoms with Crippen molar-refractivity contribution in [3.05, 3.63) is 59.7 Å². The zero-order chi connectivity index (χ0) is 21.4. The molecule has 7 nitrogen and oxygen atoms in total. The molecule has 0 radical (unpaired) electrons. The van der Waals surface area contributed by atoms with Gasteiger partial charge in [0.05, 0.1) is 7.11 Å². The Bertz CT molecular complexity index is 862. The van der Waals surface area contributed by atoms with E-state index in [4.69, 9.17) is 9.47 Å². The normalized spacial score (nSPS) is 11.5. The third-order valence-electron chi connectivity index (χ3n) is 4.21. The number of carbonyl (C=O) groups excluding carboxylic acids is 3. The van der Waals surface area contributed by atoms with E-state index in [1.54, 1.807) is 63.4 Å². The van der Waals surface area contributed by atoms with Gasteiger partial charge in [-0.2, -0.15) is 0 Å². The second-order valence-electron chi connectivity index (χ2n) is 6.95. The molecule has 0 bridgehead atoms. The molecule has 0 aromatic heterocycles. The standard InChI is InChI=1S/C22H26N2O5/c1-14(2)20(24-21(26)16-7-5-6-15(3)12-16)22(27)29-13-19(25)23-17-8-10-18(28-4)11-9-17/h5-12,14,20H,13H2,1-4H3,(H,23,25)(H,24,26)/t20-/m0/s1. The number of aryl methyl sites for hydroxylation is 1. The molecule has 0 fully saturated rings. The number of hydrogen-bond acceptors (Lipinski definition) is 5. The van der Waals surface area contributed by atoms with Gasteiger partial charge in [0, 0.05) is 11.3 Å². The maximum absolute atomic E-state index is 12.4. The highest BCUT2D eigenvalue weighted by atomic mass is 16.5. The minimum absolute atomic E-state index is 0.207. The predicted octanol–water partition coefficient (Wildman–Crippen LogP) is 2.94. The summed E-state index contributed by atoms with van der Waals surface area (Å²) >= 11 is 0. The first-order valence-electron chi connectivity index (χ1n) is 9.28. The molecule has 0 aliphatic heterocycles. The number of nitrogens with one attached hydrogen (secondary N) is 2. The summed E-state index contributed by atoms with van der Waals surface area (Å²) in [5.74, 6) is -1.05. The number of carbonyl (C=O) groups is 3. The molecule has 0 aliphatic rings. The van der Waals surface area contributed by atoms with E-state index in [9.17, 15) is 14.4 Å². The van der Waals surface area contributed by atoms with Gasteiger partial charge in [0.1, 0.15) is 11.8 Å². The predicted molar refractivity (Wildman–Crippen MR) is 110 cm³/mol. The van der Waals surface area contributed by atoms with Gasteiger partial charge in [-0.05, 0) is 49.2 Å². The van der Waals surface area contributed by atoms with E-state index in [0.717, 1.165) is 5.56 Å². The van der Waals surface area contributed by atoms with Crippen LogP contribution in [0.15, 0.2) is 48.5 Å². The molecule has 0 saturated heterocycles. The Balaban J connectivity index is 1.91. The molecule has 0 heterocycles. The van der Waals surface area contributed by atoms with Crippen molar-refractivity contribution >= 4 is 23.5 Å². The third kappa shape index (κ3) is 6.64. The van der Waals surface area contributed by atoms with Crippen LogP contribution in [-0.2, 0) is 14.3 Å². The van der Waals surface area contributed by atoms with E-state index in [1.165, 1.54) is 0 Å². The molecule has 0 spiro atoms. The molecule has 0 saturated carbocycles.